The zero-order valence-corrected chi connectivity index (χ0v) is 22.8. The second kappa shape index (κ2) is 11.3. The van der Waals surface area contributed by atoms with Crippen LogP contribution in [-0.4, -0.2) is 24.3 Å². The summed E-state index contributed by atoms with van der Waals surface area (Å²) in [5.74, 6) is 0.218. The molecule has 39 heavy (non-hydrogen) atoms. The van der Waals surface area contributed by atoms with Crippen molar-refractivity contribution < 1.29 is 23.6 Å². The topological polar surface area (TPSA) is 90.7 Å². The zero-order valence-electron chi connectivity index (χ0n) is 22.0. The number of ether oxygens (including phenoxy) is 2. The van der Waals surface area contributed by atoms with E-state index in [4.69, 9.17) is 25.6 Å². The van der Waals surface area contributed by atoms with Crippen LogP contribution in [0.4, 0.5) is 10.5 Å². The first kappa shape index (κ1) is 26.5. The highest BCUT2D eigenvalue weighted by Crippen LogP contribution is 2.37. The van der Waals surface area contributed by atoms with E-state index in [-0.39, 0.29) is 12.4 Å². The lowest BCUT2D eigenvalue weighted by Crippen LogP contribution is -2.17. The Kier molecular flexibility index (Phi) is 7.70. The summed E-state index contributed by atoms with van der Waals surface area (Å²) >= 11 is 6.24. The van der Waals surface area contributed by atoms with E-state index < -0.39 is 12.2 Å². The van der Waals surface area contributed by atoms with Crippen LogP contribution >= 0.6 is 11.6 Å². The molecule has 4 aromatic rings. The number of hydrogen-bond donors (Lipinski definition) is 1. The van der Waals surface area contributed by atoms with Crippen LogP contribution in [0.3, 0.4) is 0 Å². The van der Waals surface area contributed by atoms with Gasteiger partial charge in [0.05, 0.1) is 13.5 Å². The zero-order chi connectivity index (χ0) is 27.5. The smallest absolute Gasteiger partial charge is 0.412 e. The molecule has 0 fully saturated rings. The Hall–Kier alpha value is -4.10. The van der Waals surface area contributed by atoms with Crippen LogP contribution in [0.1, 0.15) is 47.4 Å². The lowest BCUT2D eigenvalue weighted by molar-refractivity contribution is -0.139. The third kappa shape index (κ3) is 5.54. The number of carbonyl (C=O) groups excluding carboxylic acids is 2. The number of anilines is 1. The predicted octanol–water partition coefficient (Wildman–Crippen LogP) is 7.48. The molecule has 1 aliphatic rings. The molecular formula is C31H29ClN2O5. The van der Waals surface area contributed by atoms with Gasteiger partial charge in [0.15, 0.2) is 5.76 Å². The van der Waals surface area contributed by atoms with Gasteiger partial charge in [0, 0.05) is 16.1 Å². The number of carbonyl (C=O) groups is 2. The Balaban J connectivity index is 1.35. The van der Waals surface area contributed by atoms with Crippen molar-refractivity contribution in [2.24, 2.45) is 0 Å². The Morgan fingerprint density at radius 1 is 1.03 bits per heavy atom. The van der Waals surface area contributed by atoms with Crippen molar-refractivity contribution in [3.05, 3.63) is 93.6 Å². The SMILES string of the molecule is COC(=O)Cc1ccc(-c2ccc(-c3onc(C)c3NC(=O)OC(C)c3ccccc3Cl)cc2)c2c1CCC2. The average Bonchev–Trinajstić information content (AvgIpc) is 3.57. The minimum absolute atomic E-state index is 0.227. The number of benzene rings is 3. The second-order valence-corrected chi connectivity index (χ2v) is 9.99. The van der Waals surface area contributed by atoms with Crippen LogP contribution in [0.15, 0.2) is 65.2 Å². The molecular weight excluding hydrogens is 516 g/mol. The monoisotopic (exact) mass is 544 g/mol. The van der Waals surface area contributed by atoms with E-state index >= 15 is 0 Å². The summed E-state index contributed by atoms with van der Waals surface area (Å²) < 4.78 is 16.0. The summed E-state index contributed by atoms with van der Waals surface area (Å²) in [5, 5.41) is 7.38. The number of rotatable bonds is 7. The number of nitrogens with one attached hydrogen (secondary N) is 1. The number of nitrogens with zero attached hydrogens (tertiary/aromatic N) is 1. The fourth-order valence-electron chi connectivity index (χ4n) is 5.12. The molecule has 1 amide bonds. The summed E-state index contributed by atoms with van der Waals surface area (Å²) in [6.45, 7) is 3.52. The van der Waals surface area contributed by atoms with Crippen molar-refractivity contribution in [2.45, 2.75) is 45.6 Å². The second-order valence-electron chi connectivity index (χ2n) is 9.58. The molecule has 1 N–H and O–H groups in total. The Morgan fingerprint density at radius 3 is 2.49 bits per heavy atom. The van der Waals surface area contributed by atoms with Gasteiger partial charge in [-0.3, -0.25) is 10.1 Å². The van der Waals surface area contributed by atoms with Gasteiger partial charge in [0.2, 0.25) is 0 Å². The molecule has 5 rings (SSSR count). The maximum Gasteiger partial charge on any atom is 0.412 e. The van der Waals surface area contributed by atoms with Crippen molar-refractivity contribution in [1.29, 1.82) is 0 Å². The molecule has 0 aliphatic heterocycles. The minimum Gasteiger partial charge on any atom is -0.469 e. The highest BCUT2D eigenvalue weighted by Gasteiger charge is 2.23. The molecule has 7 nitrogen and oxygen atoms in total. The van der Waals surface area contributed by atoms with Crippen molar-refractivity contribution in [3.8, 4) is 22.5 Å². The number of hydrogen-bond acceptors (Lipinski definition) is 6. The molecule has 1 aliphatic carbocycles. The van der Waals surface area contributed by atoms with E-state index in [0.29, 0.717) is 22.2 Å². The molecule has 1 heterocycles. The predicted molar refractivity (Wildman–Crippen MR) is 150 cm³/mol. The number of methoxy groups -OCH3 is 1. The maximum atomic E-state index is 12.7. The number of fused-ring (bicyclic) bond motifs is 1. The van der Waals surface area contributed by atoms with Crippen molar-refractivity contribution in [3.63, 3.8) is 0 Å². The summed E-state index contributed by atoms with van der Waals surface area (Å²) in [6.07, 6.45) is 2.13. The number of halogens is 1. The quantitative estimate of drug-likeness (QED) is 0.242. The van der Waals surface area contributed by atoms with Gasteiger partial charge >= 0.3 is 12.1 Å². The Labute approximate surface area is 232 Å². The Morgan fingerprint density at radius 2 is 1.74 bits per heavy atom. The van der Waals surface area contributed by atoms with E-state index in [2.05, 4.69) is 16.5 Å². The van der Waals surface area contributed by atoms with Gasteiger partial charge in [-0.15, -0.1) is 0 Å². The fraction of sp³-hybridized carbons (Fsp3) is 0.258. The molecule has 200 valence electrons. The van der Waals surface area contributed by atoms with Gasteiger partial charge in [-0.1, -0.05) is 71.4 Å². The van der Waals surface area contributed by atoms with E-state index in [1.807, 2.05) is 48.5 Å². The van der Waals surface area contributed by atoms with Crippen molar-refractivity contribution >= 4 is 29.4 Å². The van der Waals surface area contributed by atoms with Gasteiger partial charge < -0.3 is 14.0 Å². The van der Waals surface area contributed by atoms with E-state index in [1.165, 1.54) is 18.2 Å². The minimum atomic E-state index is -0.630. The number of aromatic nitrogens is 1. The summed E-state index contributed by atoms with van der Waals surface area (Å²) in [5.41, 5.74) is 8.29. The highest BCUT2D eigenvalue weighted by molar-refractivity contribution is 6.31. The first-order chi connectivity index (χ1) is 18.9. The molecule has 1 unspecified atom stereocenters. The Bertz CT molecular complexity index is 1530. The first-order valence-corrected chi connectivity index (χ1v) is 13.2. The normalized spacial score (nSPS) is 13.0. The van der Waals surface area contributed by atoms with Crippen LogP contribution in [0.5, 0.6) is 0 Å². The molecule has 0 saturated heterocycles. The van der Waals surface area contributed by atoms with Gasteiger partial charge in [-0.25, -0.2) is 4.79 Å². The van der Waals surface area contributed by atoms with Gasteiger partial charge in [-0.2, -0.15) is 0 Å². The van der Waals surface area contributed by atoms with E-state index in [1.54, 1.807) is 19.9 Å². The molecule has 3 aromatic carbocycles. The van der Waals surface area contributed by atoms with Gasteiger partial charge in [-0.05, 0) is 67.0 Å². The van der Waals surface area contributed by atoms with Crippen LogP contribution in [-0.2, 0) is 33.5 Å². The summed E-state index contributed by atoms with van der Waals surface area (Å²) in [6, 6.07) is 19.3. The van der Waals surface area contributed by atoms with Gasteiger partial charge in [0.1, 0.15) is 17.5 Å². The fourth-order valence-corrected chi connectivity index (χ4v) is 5.41. The average molecular weight is 545 g/mol. The summed E-state index contributed by atoms with van der Waals surface area (Å²) in [7, 11) is 1.42. The molecule has 0 saturated carbocycles. The van der Waals surface area contributed by atoms with Crippen molar-refractivity contribution in [1.82, 2.24) is 5.16 Å². The third-order valence-electron chi connectivity index (χ3n) is 7.12. The molecule has 1 atom stereocenters. The van der Waals surface area contributed by atoms with Crippen molar-refractivity contribution in [2.75, 3.05) is 12.4 Å². The molecule has 1 aromatic heterocycles. The largest absolute Gasteiger partial charge is 0.469 e. The van der Waals surface area contributed by atoms with Crippen LogP contribution in [0.2, 0.25) is 5.02 Å². The molecule has 0 spiro atoms. The van der Waals surface area contributed by atoms with Crippen LogP contribution in [0, 0.1) is 6.92 Å². The number of amides is 1. The third-order valence-corrected chi connectivity index (χ3v) is 7.46. The lowest BCUT2D eigenvalue weighted by atomic mass is 9.92. The molecule has 8 heteroatoms. The highest BCUT2D eigenvalue weighted by atomic mass is 35.5. The van der Waals surface area contributed by atoms with Crippen LogP contribution < -0.4 is 5.32 Å². The number of esters is 1. The lowest BCUT2D eigenvalue weighted by Gasteiger charge is -2.15. The maximum absolute atomic E-state index is 12.7. The first-order valence-electron chi connectivity index (χ1n) is 12.8. The number of aryl methyl sites for hydroxylation is 1. The summed E-state index contributed by atoms with van der Waals surface area (Å²) in [4.78, 5) is 24.6. The molecule has 0 radical (unpaired) electrons. The van der Waals surface area contributed by atoms with Gasteiger partial charge in [0.25, 0.3) is 0 Å². The van der Waals surface area contributed by atoms with Crippen LogP contribution in [0.25, 0.3) is 22.5 Å². The van der Waals surface area contributed by atoms with E-state index in [9.17, 15) is 9.59 Å². The van der Waals surface area contributed by atoms with E-state index in [0.717, 1.165) is 47.1 Å². The molecule has 0 bridgehead atoms. The standard InChI is InChI=1S/C31H29ClN2O5/c1-18-29(33-31(36)38-19(2)23-7-4-5-10-27(23)32)30(39-34-18)21-13-11-20(12-14-21)25-16-15-22(17-28(35)37-3)24-8-6-9-26(24)25/h4-5,7,10-16,19H,6,8-9,17H2,1-3H3,(H,33,36).